The zero-order valence-corrected chi connectivity index (χ0v) is 17.2. The van der Waals surface area contributed by atoms with E-state index in [-0.39, 0.29) is 12.4 Å². The highest BCUT2D eigenvalue weighted by Crippen LogP contribution is 2.34. The molecule has 0 radical (unpaired) electrons. The van der Waals surface area contributed by atoms with Gasteiger partial charge in [0.25, 0.3) is 0 Å². The third kappa shape index (κ3) is 5.01. The van der Waals surface area contributed by atoms with Gasteiger partial charge in [0.15, 0.2) is 11.5 Å². The summed E-state index contributed by atoms with van der Waals surface area (Å²) >= 11 is 3.64. The minimum atomic E-state index is 0. The molecule has 0 bridgehead atoms. The van der Waals surface area contributed by atoms with Crippen LogP contribution >= 0.6 is 28.3 Å². The molecule has 0 amide bonds. The lowest BCUT2D eigenvalue weighted by molar-refractivity contribution is 0.0524. The van der Waals surface area contributed by atoms with Gasteiger partial charge in [-0.05, 0) is 36.5 Å². The molecule has 1 aromatic rings. The molecule has 0 aromatic heterocycles. The van der Waals surface area contributed by atoms with Gasteiger partial charge in [-0.2, -0.15) is 0 Å². The maximum atomic E-state index is 5.65. The fourth-order valence-corrected chi connectivity index (χ4v) is 4.32. The summed E-state index contributed by atoms with van der Waals surface area (Å²) in [5.74, 6) is 2.16. The van der Waals surface area contributed by atoms with Crippen LogP contribution in [-0.4, -0.2) is 46.1 Å². The van der Waals surface area contributed by atoms with Gasteiger partial charge in [0.05, 0.1) is 27.4 Å². The van der Waals surface area contributed by atoms with Gasteiger partial charge < -0.3 is 24.8 Å². The van der Waals surface area contributed by atoms with E-state index in [0.717, 1.165) is 42.3 Å². The van der Waals surface area contributed by atoms with E-state index in [4.69, 9.17) is 14.2 Å². The maximum Gasteiger partial charge on any atom is 0.161 e. The van der Waals surface area contributed by atoms with Gasteiger partial charge in [-0.1, -0.05) is 22.4 Å². The van der Waals surface area contributed by atoms with Crippen molar-refractivity contribution in [1.82, 2.24) is 10.6 Å². The van der Waals surface area contributed by atoms with E-state index in [1.165, 1.54) is 24.8 Å². The zero-order valence-electron chi connectivity index (χ0n) is 14.8. The average Bonchev–Trinajstić information content (AvgIpc) is 3.09. The number of halogens is 2. The Kier molecular flexibility index (Phi) is 8.29. The van der Waals surface area contributed by atoms with Gasteiger partial charge in [-0.3, -0.25) is 0 Å². The molecule has 3 atom stereocenters. The maximum absolute atomic E-state index is 5.65. The van der Waals surface area contributed by atoms with Crippen LogP contribution in [0.1, 0.15) is 24.8 Å². The molecule has 3 unspecified atom stereocenters. The van der Waals surface area contributed by atoms with E-state index in [2.05, 4.69) is 26.6 Å². The van der Waals surface area contributed by atoms with E-state index in [9.17, 15) is 0 Å². The standard InChI is InChI=1S/C18H27BrN2O3.ClH/c1-22-17-8-12(14(19)9-18(17)23-2)10-21-15-5-3-4-13(15)16-11-24-7-6-20-16;/h8-9,13,15-16,20-21H,3-7,10-11H2,1-2H3;1H. The smallest absolute Gasteiger partial charge is 0.161 e. The highest BCUT2D eigenvalue weighted by molar-refractivity contribution is 9.10. The number of nitrogens with one attached hydrogen (secondary N) is 2. The largest absolute Gasteiger partial charge is 0.493 e. The van der Waals surface area contributed by atoms with Crippen LogP contribution in [-0.2, 0) is 11.3 Å². The SMILES string of the molecule is COc1cc(Br)c(CNC2CCCC2C2COCCN2)cc1OC.Cl. The number of benzene rings is 1. The Balaban J connectivity index is 0.00000225. The fourth-order valence-electron chi connectivity index (χ4n) is 3.86. The molecule has 1 aliphatic carbocycles. The summed E-state index contributed by atoms with van der Waals surface area (Å²) in [4.78, 5) is 0. The molecule has 3 rings (SSSR count). The first kappa shape index (κ1) is 20.8. The monoisotopic (exact) mass is 434 g/mol. The number of methoxy groups -OCH3 is 2. The van der Waals surface area contributed by atoms with Crippen molar-refractivity contribution in [2.75, 3.05) is 34.0 Å². The Labute approximate surface area is 164 Å². The van der Waals surface area contributed by atoms with Gasteiger partial charge in [-0.25, -0.2) is 0 Å². The van der Waals surface area contributed by atoms with Crippen LogP contribution in [0.4, 0.5) is 0 Å². The summed E-state index contributed by atoms with van der Waals surface area (Å²) in [6, 6.07) is 5.03. The zero-order chi connectivity index (χ0) is 16.9. The summed E-state index contributed by atoms with van der Waals surface area (Å²) < 4.78 is 17.5. The Hall–Kier alpha value is -0.530. The second-order valence-electron chi connectivity index (χ2n) is 6.52. The summed E-state index contributed by atoms with van der Waals surface area (Å²) in [6.07, 6.45) is 3.78. The second kappa shape index (κ2) is 9.97. The molecular formula is C18H28BrClN2O3. The summed E-state index contributed by atoms with van der Waals surface area (Å²) in [5.41, 5.74) is 1.19. The molecule has 0 spiro atoms. The summed E-state index contributed by atoms with van der Waals surface area (Å²) in [6.45, 7) is 3.45. The van der Waals surface area contributed by atoms with Crippen molar-refractivity contribution in [3.05, 3.63) is 22.2 Å². The molecule has 2 fully saturated rings. The lowest BCUT2D eigenvalue weighted by atomic mass is 9.94. The van der Waals surface area contributed by atoms with Crippen molar-refractivity contribution in [2.24, 2.45) is 5.92 Å². The fraction of sp³-hybridized carbons (Fsp3) is 0.667. The van der Waals surface area contributed by atoms with Gasteiger partial charge in [-0.15, -0.1) is 12.4 Å². The normalized spacial score (nSPS) is 26.1. The van der Waals surface area contributed by atoms with Crippen LogP contribution in [0.25, 0.3) is 0 Å². The first-order valence-corrected chi connectivity index (χ1v) is 9.47. The first-order valence-electron chi connectivity index (χ1n) is 8.68. The predicted molar refractivity (Wildman–Crippen MR) is 105 cm³/mol. The molecule has 142 valence electrons. The molecule has 5 nitrogen and oxygen atoms in total. The minimum Gasteiger partial charge on any atom is -0.493 e. The summed E-state index contributed by atoms with van der Waals surface area (Å²) in [5, 5.41) is 7.38. The van der Waals surface area contributed by atoms with Crippen molar-refractivity contribution in [3.63, 3.8) is 0 Å². The molecule has 7 heteroatoms. The topological polar surface area (TPSA) is 51.8 Å². The Morgan fingerprint density at radius 2 is 2.00 bits per heavy atom. The minimum absolute atomic E-state index is 0. The van der Waals surface area contributed by atoms with Gasteiger partial charge in [0.2, 0.25) is 0 Å². The van der Waals surface area contributed by atoms with E-state index in [1.807, 2.05) is 12.1 Å². The quantitative estimate of drug-likeness (QED) is 0.719. The average molecular weight is 436 g/mol. The Morgan fingerprint density at radius 3 is 2.68 bits per heavy atom. The van der Waals surface area contributed by atoms with Crippen LogP contribution in [0.15, 0.2) is 16.6 Å². The lowest BCUT2D eigenvalue weighted by Gasteiger charge is -2.33. The number of rotatable bonds is 6. The Morgan fingerprint density at radius 1 is 1.24 bits per heavy atom. The van der Waals surface area contributed by atoms with Crippen LogP contribution in [0.5, 0.6) is 11.5 Å². The van der Waals surface area contributed by atoms with Crippen LogP contribution in [0.2, 0.25) is 0 Å². The number of morpholine rings is 1. The van der Waals surface area contributed by atoms with Gasteiger partial charge >= 0.3 is 0 Å². The highest BCUT2D eigenvalue weighted by Gasteiger charge is 2.34. The van der Waals surface area contributed by atoms with Crippen LogP contribution in [0, 0.1) is 5.92 Å². The number of hydrogen-bond donors (Lipinski definition) is 2. The van der Waals surface area contributed by atoms with Crippen molar-refractivity contribution >= 4 is 28.3 Å². The van der Waals surface area contributed by atoms with Gasteiger partial charge in [0, 0.05) is 29.6 Å². The van der Waals surface area contributed by atoms with E-state index in [0.29, 0.717) is 18.0 Å². The van der Waals surface area contributed by atoms with Crippen molar-refractivity contribution < 1.29 is 14.2 Å². The molecule has 1 aliphatic heterocycles. The molecule has 1 aromatic carbocycles. The van der Waals surface area contributed by atoms with E-state index < -0.39 is 0 Å². The Bertz CT molecular complexity index is 555. The molecule has 1 saturated carbocycles. The highest BCUT2D eigenvalue weighted by atomic mass is 79.9. The molecule has 1 saturated heterocycles. The number of ether oxygens (including phenoxy) is 3. The number of hydrogen-bond acceptors (Lipinski definition) is 5. The van der Waals surface area contributed by atoms with E-state index in [1.54, 1.807) is 14.2 Å². The second-order valence-corrected chi connectivity index (χ2v) is 7.37. The molecular weight excluding hydrogens is 408 g/mol. The summed E-state index contributed by atoms with van der Waals surface area (Å²) in [7, 11) is 3.33. The van der Waals surface area contributed by atoms with Crippen LogP contribution < -0.4 is 20.1 Å². The van der Waals surface area contributed by atoms with E-state index >= 15 is 0 Å². The van der Waals surface area contributed by atoms with Crippen molar-refractivity contribution in [2.45, 2.75) is 37.9 Å². The molecule has 1 heterocycles. The van der Waals surface area contributed by atoms with Crippen molar-refractivity contribution in [1.29, 1.82) is 0 Å². The third-order valence-electron chi connectivity index (χ3n) is 5.14. The van der Waals surface area contributed by atoms with Crippen LogP contribution in [0.3, 0.4) is 0 Å². The van der Waals surface area contributed by atoms with Crippen molar-refractivity contribution in [3.8, 4) is 11.5 Å². The lowest BCUT2D eigenvalue weighted by Crippen LogP contribution is -2.50. The molecule has 2 aliphatic rings. The predicted octanol–water partition coefficient (Wildman–Crippen LogP) is 3.13. The van der Waals surface area contributed by atoms with Gasteiger partial charge in [0.1, 0.15) is 0 Å². The third-order valence-corrected chi connectivity index (χ3v) is 5.88. The first-order chi connectivity index (χ1) is 11.7. The molecule has 2 N–H and O–H groups in total. The molecule has 25 heavy (non-hydrogen) atoms.